The number of aliphatic hydroxyl groups excluding tert-OH is 5. The molecule has 21 nitrogen and oxygen atoms in total. The Labute approximate surface area is 271 Å². The van der Waals surface area contributed by atoms with E-state index in [1.54, 1.807) is 18.2 Å². The summed E-state index contributed by atoms with van der Waals surface area (Å²) in [6, 6.07) is 4.16. The van der Waals surface area contributed by atoms with Crippen molar-refractivity contribution < 1.29 is 72.1 Å². The molecule has 0 bridgehead atoms. The Bertz CT molecular complexity index is 1590. The van der Waals surface area contributed by atoms with Gasteiger partial charge in [0.1, 0.15) is 47.7 Å². The smallest absolute Gasteiger partial charge is 0.330 e. The van der Waals surface area contributed by atoms with Gasteiger partial charge in [0.25, 0.3) is 21.2 Å². The van der Waals surface area contributed by atoms with Gasteiger partial charge in [-0.15, -0.1) is 0 Å². The molecule has 0 spiro atoms. The van der Waals surface area contributed by atoms with E-state index in [0.29, 0.717) is 9.59 Å². The van der Waals surface area contributed by atoms with Gasteiger partial charge >= 0.3 is 5.69 Å². The van der Waals surface area contributed by atoms with Crippen molar-refractivity contribution in [2.45, 2.75) is 60.2 Å². The topological polar surface area (TPSA) is 324 Å². The van der Waals surface area contributed by atoms with E-state index in [9.17, 15) is 58.8 Å². The number of phosphoric ester groups is 2. The zero-order valence-corrected chi connectivity index (χ0v) is 26.9. The molecular weight excluding hydrogens is 718 g/mol. The predicted octanol–water partition coefficient (Wildman–Crippen LogP) is -4.10. The number of carbonyl (C=O) groups excluding carboxylic acids is 1. The molecule has 7 N–H and O–H groups in total. The van der Waals surface area contributed by atoms with E-state index in [4.69, 9.17) is 9.47 Å². The number of rotatable bonds is 14. The predicted molar refractivity (Wildman–Crippen MR) is 153 cm³/mol. The summed E-state index contributed by atoms with van der Waals surface area (Å²) < 4.78 is 49.3. The summed E-state index contributed by atoms with van der Waals surface area (Å²) in [6.45, 7) is -2.10. The number of hydrogen-bond donors (Lipinski definition) is 7. The number of amides is 1. The van der Waals surface area contributed by atoms with Crippen LogP contribution in [0.5, 0.6) is 0 Å². The highest BCUT2D eigenvalue weighted by Crippen LogP contribution is 2.57. The number of aliphatic hydroxyl groups is 5. The molecular formula is C22H28N4O17P2S2-2. The molecule has 0 radical (unpaired) electrons. The SMILES string of the molecule is O=C(CSSc1ccccn1)NC1C(OP(=O)([O-])OP(=O)([O-])OCC2OC(n3ccc(=O)[nH]c3=O)C(O)C2O)OC(CO)C(O)C1O. The van der Waals surface area contributed by atoms with Crippen LogP contribution in [-0.4, -0.2) is 114 Å². The van der Waals surface area contributed by atoms with E-state index in [0.717, 1.165) is 33.9 Å². The fourth-order valence-corrected chi connectivity index (χ4v) is 8.13. The lowest BCUT2D eigenvalue weighted by molar-refractivity contribution is -0.285. The van der Waals surface area contributed by atoms with Crippen LogP contribution >= 0.6 is 37.2 Å². The number of aromatic nitrogens is 3. The maximum atomic E-state index is 12.6. The van der Waals surface area contributed by atoms with Crippen molar-refractivity contribution in [1.29, 1.82) is 0 Å². The van der Waals surface area contributed by atoms with Crippen LogP contribution in [0.25, 0.3) is 0 Å². The number of hydrogen-bond acceptors (Lipinski definition) is 20. The van der Waals surface area contributed by atoms with Gasteiger partial charge in [0.2, 0.25) is 5.91 Å². The van der Waals surface area contributed by atoms with Crippen LogP contribution in [0.3, 0.4) is 0 Å². The van der Waals surface area contributed by atoms with Crippen molar-refractivity contribution in [3.8, 4) is 0 Å². The quantitative estimate of drug-likeness (QED) is 0.0713. The van der Waals surface area contributed by atoms with E-state index in [-0.39, 0.29) is 5.75 Å². The lowest BCUT2D eigenvalue weighted by Gasteiger charge is -2.44. The van der Waals surface area contributed by atoms with Crippen molar-refractivity contribution in [3.05, 3.63) is 57.5 Å². The standard InChI is InChI=1S/C22H30N4O17P2S2/c27-7-10-16(30)18(32)15(24-13(29)9-46-47-14-3-1-2-5-23-14)21(41-10)42-45(37,38)43-44(35,36)39-8-11-17(31)19(33)20(40-11)26-6-4-12(28)25-22(26)34/h1-6,10-11,15-21,27,30-33H,7-9H2,(H,24,29)(H,35,36)(H,37,38)(H,25,28,34)/p-2. The maximum absolute atomic E-state index is 12.6. The monoisotopic (exact) mass is 746 g/mol. The summed E-state index contributed by atoms with van der Waals surface area (Å²) in [7, 11) is -9.76. The first-order valence-corrected chi connectivity index (χ1v) is 18.5. The minimum Gasteiger partial charge on any atom is -0.756 e. The first kappa shape index (κ1) is 37.8. The molecule has 0 saturated carbocycles. The first-order valence-electron chi connectivity index (χ1n) is 13.2. The zero-order chi connectivity index (χ0) is 34.5. The molecule has 2 saturated heterocycles. The molecule has 11 atom stereocenters. The number of H-pyrrole nitrogens is 1. The summed E-state index contributed by atoms with van der Waals surface area (Å²) in [6.07, 6.45) is -12.2. The van der Waals surface area contributed by atoms with Gasteiger partial charge in [-0.2, -0.15) is 0 Å². The lowest BCUT2D eigenvalue weighted by atomic mass is 9.97. The van der Waals surface area contributed by atoms with Crippen molar-refractivity contribution in [2.24, 2.45) is 0 Å². The largest absolute Gasteiger partial charge is 0.756 e. The summed E-state index contributed by atoms with van der Waals surface area (Å²) in [5.41, 5.74) is -1.80. The summed E-state index contributed by atoms with van der Waals surface area (Å²) in [5, 5.41) is 53.6. The molecule has 2 fully saturated rings. The fraction of sp³-hybridized carbons (Fsp3) is 0.545. The van der Waals surface area contributed by atoms with Crippen LogP contribution in [0, 0.1) is 0 Å². The van der Waals surface area contributed by atoms with Crippen LogP contribution in [-0.2, 0) is 36.8 Å². The van der Waals surface area contributed by atoms with Crippen molar-refractivity contribution in [2.75, 3.05) is 19.0 Å². The Morgan fingerprint density at radius 1 is 1.04 bits per heavy atom. The van der Waals surface area contributed by atoms with Crippen molar-refractivity contribution in [1.82, 2.24) is 19.9 Å². The number of phosphoric acid groups is 2. The number of carbonyl (C=O) groups is 1. The third kappa shape index (κ3) is 10.0. The highest BCUT2D eigenvalue weighted by Gasteiger charge is 2.48. The highest BCUT2D eigenvalue weighted by atomic mass is 33.1. The average molecular weight is 747 g/mol. The third-order valence-corrected chi connectivity index (χ3v) is 11.1. The maximum Gasteiger partial charge on any atom is 0.330 e. The summed E-state index contributed by atoms with van der Waals surface area (Å²) in [4.78, 5) is 66.8. The molecule has 4 rings (SSSR count). The van der Waals surface area contributed by atoms with Gasteiger partial charge < -0.3 is 54.6 Å². The third-order valence-electron chi connectivity index (χ3n) is 6.47. The Kier molecular flexibility index (Phi) is 13.0. The van der Waals surface area contributed by atoms with Crippen molar-refractivity contribution >= 4 is 43.1 Å². The molecule has 2 aromatic rings. The van der Waals surface area contributed by atoms with Crippen LogP contribution in [0.2, 0.25) is 0 Å². The average Bonchev–Trinajstić information content (AvgIpc) is 3.28. The minimum atomic E-state index is -6.02. The summed E-state index contributed by atoms with van der Waals surface area (Å²) in [5.74, 6) is -1.07. The number of pyridine rings is 1. The summed E-state index contributed by atoms with van der Waals surface area (Å²) >= 11 is 0. The zero-order valence-electron chi connectivity index (χ0n) is 23.5. The second-order valence-electron chi connectivity index (χ2n) is 9.75. The normalized spacial score (nSPS) is 31.9. The molecule has 0 aromatic carbocycles. The molecule has 0 aliphatic carbocycles. The lowest BCUT2D eigenvalue weighted by Crippen LogP contribution is -2.64. The van der Waals surface area contributed by atoms with Crippen LogP contribution in [0.4, 0.5) is 0 Å². The highest BCUT2D eigenvalue weighted by molar-refractivity contribution is 8.76. The Balaban J connectivity index is 1.37. The van der Waals surface area contributed by atoms with Gasteiger partial charge in [0, 0.05) is 18.5 Å². The van der Waals surface area contributed by atoms with E-state index in [1.807, 2.05) is 4.98 Å². The second kappa shape index (κ2) is 16.1. The van der Waals surface area contributed by atoms with E-state index in [1.165, 1.54) is 6.20 Å². The molecule has 262 valence electrons. The molecule has 2 aromatic heterocycles. The number of aromatic amines is 1. The number of ether oxygens (including phenoxy) is 2. The van der Waals surface area contributed by atoms with Gasteiger partial charge in [-0.25, -0.2) is 14.1 Å². The fourth-order valence-electron chi connectivity index (χ4n) is 4.27. The Hall–Kier alpha value is -2.02. The Morgan fingerprint density at radius 3 is 2.43 bits per heavy atom. The van der Waals surface area contributed by atoms with Gasteiger partial charge in [0.05, 0.1) is 19.0 Å². The molecule has 11 unspecified atom stereocenters. The van der Waals surface area contributed by atoms with E-state index >= 15 is 0 Å². The van der Waals surface area contributed by atoms with Gasteiger partial charge in [0.15, 0.2) is 12.5 Å². The van der Waals surface area contributed by atoms with Crippen molar-refractivity contribution in [3.63, 3.8) is 0 Å². The van der Waals surface area contributed by atoms with Gasteiger partial charge in [-0.3, -0.25) is 32.8 Å². The first-order chi connectivity index (χ1) is 22.1. The molecule has 1 amide bonds. The van der Waals surface area contributed by atoms with Gasteiger partial charge in [-0.05, 0) is 22.9 Å². The minimum absolute atomic E-state index is 0.271. The molecule has 47 heavy (non-hydrogen) atoms. The number of nitrogens with zero attached hydrogens (tertiary/aromatic N) is 2. The van der Waals surface area contributed by atoms with Crippen LogP contribution in [0.15, 0.2) is 51.3 Å². The van der Waals surface area contributed by atoms with E-state index in [2.05, 4.69) is 23.7 Å². The Morgan fingerprint density at radius 2 is 1.77 bits per heavy atom. The molecule has 2 aliphatic heterocycles. The molecule has 2 aliphatic rings. The molecule has 25 heteroatoms. The van der Waals surface area contributed by atoms with Crippen LogP contribution in [0.1, 0.15) is 6.23 Å². The number of nitrogens with one attached hydrogen (secondary N) is 2. The van der Waals surface area contributed by atoms with Gasteiger partial charge in [-0.1, -0.05) is 16.9 Å². The second-order valence-corrected chi connectivity index (χ2v) is 15.0. The van der Waals surface area contributed by atoms with Crippen LogP contribution < -0.4 is 26.4 Å². The van der Waals surface area contributed by atoms with E-state index < -0.39 is 101 Å². The molecule has 4 heterocycles.